The molecule has 0 aliphatic carbocycles. The summed E-state index contributed by atoms with van der Waals surface area (Å²) in [5, 5.41) is 7.27. The van der Waals surface area contributed by atoms with Crippen LogP contribution in [0.3, 0.4) is 0 Å². The van der Waals surface area contributed by atoms with E-state index >= 15 is 0 Å². The van der Waals surface area contributed by atoms with Crippen LogP contribution in [-0.2, 0) is 10.0 Å². The Hall–Kier alpha value is -1.60. The van der Waals surface area contributed by atoms with Crippen molar-refractivity contribution in [1.82, 2.24) is 4.31 Å². The molecular weight excluding hydrogens is 290 g/mol. The minimum atomic E-state index is -3.59. The highest BCUT2D eigenvalue weighted by Gasteiger charge is 2.25. The first-order valence-corrected chi connectivity index (χ1v) is 8.18. The number of rotatable bonds is 8. The lowest BCUT2D eigenvalue weighted by atomic mass is 10.2. The van der Waals surface area contributed by atoms with Gasteiger partial charge in [-0.25, -0.2) is 8.42 Å². The number of amidine groups is 1. The van der Waals surface area contributed by atoms with E-state index in [1.165, 1.54) is 23.5 Å². The average molecular weight is 313 g/mol. The molecule has 7 heteroatoms. The van der Waals surface area contributed by atoms with E-state index in [1.54, 1.807) is 12.1 Å². The molecule has 0 saturated carbocycles. The van der Waals surface area contributed by atoms with E-state index in [9.17, 15) is 8.42 Å². The molecule has 0 heterocycles. The number of benzene rings is 1. The van der Waals surface area contributed by atoms with Gasteiger partial charge in [0.1, 0.15) is 5.75 Å². The van der Waals surface area contributed by atoms with Gasteiger partial charge in [-0.05, 0) is 30.2 Å². The first-order valence-electron chi connectivity index (χ1n) is 6.74. The molecule has 0 aliphatic heterocycles. The van der Waals surface area contributed by atoms with Gasteiger partial charge in [0.2, 0.25) is 10.0 Å². The smallest absolute Gasteiger partial charge is 0.243 e. The van der Waals surface area contributed by atoms with E-state index in [0.717, 1.165) is 0 Å². The van der Waals surface area contributed by atoms with E-state index in [0.29, 0.717) is 12.3 Å². The molecule has 0 aliphatic rings. The summed E-state index contributed by atoms with van der Waals surface area (Å²) in [6, 6.07) is 6.28. The highest BCUT2D eigenvalue weighted by atomic mass is 32.2. The van der Waals surface area contributed by atoms with Crippen molar-refractivity contribution in [3.8, 4) is 5.75 Å². The molecule has 0 saturated heterocycles. The average Bonchev–Trinajstić information content (AvgIpc) is 2.42. The van der Waals surface area contributed by atoms with Crippen LogP contribution >= 0.6 is 0 Å². The normalized spacial score (nSPS) is 11.9. The minimum absolute atomic E-state index is 0.0197. The summed E-state index contributed by atoms with van der Waals surface area (Å²) < 4.78 is 31.7. The van der Waals surface area contributed by atoms with Gasteiger partial charge in [-0.2, -0.15) is 4.31 Å². The Morgan fingerprint density at radius 1 is 1.33 bits per heavy atom. The zero-order valence-electron chi connectivity index (χ0n) is 12.7. The molecule has 1 rings (SSSR count). The van der Waals surface area contributed by atoms with E-state index in [1.807, 2.05) is 13.8 Å². The molecule has 0 atom stereocenters. The van der Waals surface area contributed by atoms with E-state index in [-0.39, 0.29) is 29.6 Å². The lowest BCUT2D eigenvalue weighted by Gasteiger charge is -2.23. The van der Waals surface area contributed by atoms with E-state index in [2.05, 4.69) is 0 Å². The Labute approximate surface area is 126 Å². The maximum absolute atomic E-state index is 12.7. The van der Waals surface area contributed by atoms with Crippen LogP contribution in [0.25, 0.3) is 0 Å². The second kappa shape index (κ2) is 7.42. The molecule has 0 radical (unpaired) electrons. The Kier molecular flexibility index (Phi) is 6.17. The summed E-state index contributed by atoms with van der Waals surface area (Å²) >= 11 is 0. The van der Waals surface area contributed by atoms with Crippen LogP contribution in [0, 0.1) is 11.3 Å². The van der Waals surface area contributed by atoms with Crippen LogP contribution in [0.2, 0.25) is 0 Å². The molecule has 21 heavy (non-hydrogen) atoms. The zero-order valence-corrected chi connectivity index (χ0v) is 13.5. The Balaban J connectivity index is 3.03. The second-order valence-electron chi connectivity index (χ2n) is 5.21. The molecule has 0 bridgehead atoms. The molecule has 1 aromatic rings. The summed E-state index contributed by atoms with van der Waals surface area (Å²) in [4.78, 5) is 0.215. The highest BCUT2D eigenvalue weighted by molar-refractivity contribution is 7.89. The third-order valence-electron chi connectivity index (χ3n) is 2.90. The van der Waals surface area contributed by atoms with Gasteiger partial charge in [-0.15, -0.1) is 0 Å². The quantitative estimate of drug-likeness (QED) is 0.563. The van der Waals surface area contributed by atoms with Gasteiger partial charge in [-0.1, -0.05) is 13.8 Å². The predicted octanol–water partition coefficient (Wildman–Crippen LogP) is 1.67. The highest BCUT2D eigenvalue weighted by Crippen LogP contribution is 2.20. The number of nitrogens with zero attached hydrogens (tertiary/aromatic N) is 1. The second-order valence-corrected chi connectivity index (χ2v) is 7.15. The van der Waals surface area contributed by atoms with Crippen LogP contribution in [-0.4, -0.2) is 38.8 Å². The third-order valence-corrected chi connectivity index (χ3v) is 4.78. The minimum Gasteiger partial charge on any atom is -0.497 e. The maximum atomic E-state index is 12.7. The van der Waals surface area contributed by atoms with Crippen molar-refractivity contribution < 1.29 is 13.2 Å². The van der Waals surface area contributed by atoms with Crippen molar-refractivity contribution in [2.24, 2.45) is 11.7 Å². The molecule has 6 nitrogen and oxygen atoms in total. The number of ether oxygens (including phenoxy) is 1. The molecule has 0 fully saturated rings. The first-order chi connectivity index (χ1) is 9.77. The first kappa shape index (κ1) is 17.5. The molecule has 0 unspecified atom stereocenters. The Bertz CT molecular complexity index is 568. The molecule has 3 N–H and O–H groups in total. The van der Waals surface area contributed by atoms with Crippen molar-refractivity contribution >= 4 is 15.9 Å². The van der Waals surface area contributed by atoms with Gasteiger partial charge >= 0.3 is 0 Å². The van der Waals surface area contributed by atoms with Gasteiger partial charge in [0, 0.05) is 19.5 Å². The van der Waals surface area contributed by atoms with Crippen LogP contribution in [0.4, 0.5) is 0 Å². The summed E-state index contributed by atoms with van der Waals surface area (Å²) in [6.45, 7) is 4.50. The van der Waals surface area contributed by atoms with Crippen LogP contribution < -0.4 is 10.5 Å². The SMILES string of the molecule is COc1ccc(S(=O)(=O)N(CCC(=N)N)CC(C)C)cc1. The summed E-state index contributed by atoms with van der Waals surface area (Å²) in [5.74, 6) is 0.770. The topological polar surface area (TPSA) is 96.5 Å². The molecule has 0 spiro atoms. The van der Waals surface area contributed by atoms with Gasteiger partial charge in [0.05, 0.1) is 17.8 Å². The molecule has 1 aromatic carbocycles. The van der Waals surface area contributed by atoms with Gasteiger partial charge < -0.3 is 10.5 Å². The van der Waals surface area contributed by atoms with Crippen LogP contribution in [0.1, 0.15) is 20.3 Å². The fourth-order valence-electron chi connectivity index (χ4n) is 1.86. The van der Waals surface area contributed by atoms with E-state index < -0.39 is 10.0 Å². The number of methoxy groups -OCH3 is 1. The number of sulfonamides is 1. The van der Waals surface area contributed by atoms with Crippen LogP contribution in [0.5, 0.6) is 5.75 Å². The predicted molar refractivity (Wildman–Crippen MR) is 83.1 cm³/mol. The molecule has 118 valence electrons. The van der Waals surface area contributed by atoms with Gasteiger partial charge in [0.25, 0.3) is 0 Å². The summed E-state index contributed by atoms with van der Waals surface area (Å²) in [7, 11) is -2.06. The number of hydrogen-bond donors (Lipinski definition) is 2. The third kappa shape index (κ3) is 5.02. The largest absolute Gasteiger partial charge is 0.497 e. The number of hydrogen-bond acceptors (Lipinski definition) is 4. The Morgan fingerprint density at radius 2 is 1.90 bits per heavy atom. The molecule has 0 aromatic heterocycles. The van der Waals surface area contributed by atoms with Crippen molar-refractivity contribution in [1.29, 1.82) is 5.41 Å². The number of nitrogens with two attached hydrogens (primary N) is 1. The molecule has 0 amide bonds. The van der Waals surface area contributed by atoms with Crippen molar-refractivity contribution in [3.05, 3.63) is 24.3 Å². The zero-order chi connectivity index (χ0) is 16.0. The fourth-order valence-corrected chi connectivity index (χ4v) is 3.46. The monoisotopic (exact) mass is 313 g/mol. The van der Waals surface area contributed by atoms with Crippen molar-refractivity contribution in [2.45, 2.75) is 25.2 Å². The van der Waals surface area contributed by atoms with Gasteiger partial charge in [-0.3, -0.25) is 5.41 Å². The van der Waals surface area contributed by atoms with Crippen LogP contribution in [0.15, 0.2) is 29.2 Å². The molecular formula is C14H23N3O3S. The summed E-state index contributed by atoms with van der Waals surface area (Å²) in [6.07, 6.45) is 0.224. The standard InChI is InChI=1S/C14H23N3O3S/c1-11(2)10-17(9-8-14(15)16)21(18,19)13-6-4-12(20-3)5-7-13/h4-7,11H,8-10H2,1-3H3,(H3,15,16). The Morgan fingerprint density at radius 3 is 2.33 bits per heavy atom. The lowest BCUT2D eigenvalue weighted by molar-refractivity contribution is 0.374. The maximum Gasteiger partial charge on any atom is 0.243 e. The van der Waals surface area contributed by atoms with Crippen molar-refractivity contribution in [2.75, 3.05) is 20.2 Å². The van der Waals surface area contributed by atoms with E-state index in [4.69, 9.17) is 15.9 Å². The van der Waals surface area contributed by atoms with Crippen molar-refractivity contribution in [3.63, 3.8) is 0 Å². The lowest BCUT2D eigenvalue weighted by Crippen LogP contribution is -2.36. The fraction of sp³-hybridized carbons (Fsp3) is 0.500. The summed E-state index contributed by atoms with van der Waals surface area (Å²) in [5.41, 5.74) is 5.34. The number of nitrogens with one attached hydrogen (secondary N) is 1. The van der Waals surface area contributed by atoms with Gasteiger partial charge in [0.15, 0.2) is 0 Å².